The van der Waals surface area contributed by atoms with Crippen molar-refractivity contribution in [3.05, 3.63) is 28.3 Å². The minimum Gasteiger partial charge on any atom is -0.487 e. The molecule has 1 rings (SSSR count). The van der Waals surface area contributed by atoms with E-state index >= 15 is 0 Å². The molecule has 0 spiro atoms. The number of para-hydroxylation sites is 1. The summed E-state index contributed by atoms with van der Waals surface area (Å²) in [6.45, 7) is 3.80. The van der Waals surface area contributed by atoms with Gasteiger partial charge in [-0.15, -0.1) is 0 Å². The average molecular weight is 282 g/mol. The molecule has 0 aliphatic heterocycles. The van der Waals surface area contributed by atoms with Crippen molar-refractivity contribution in [1.29, 1.82) is 0 Å². The number of nitrogens with one attached hydrogen (secondary N) is 1. The second kappa shape index (κ2) is 9.14. The van der Waals surface area contributed by atoms with Gasteiger partial charge >= 0.3 is 5.69 Å². The highest BCUT2D eigenvalue weighted by molar-refractivity contribution is 5.68. The third kappa shape index (κ3) is 5.05. The van der Waals surface area contributed by atoms with Crippen LogP contribution >= 0.6 is 0 Å². The van der Waals surface area contributed by atoms with Crippen molar-refractivity contribution in [3.63, 3.8) is 0 Å². The summed E-state index contributed by atoms with van der Waals surface area (Å²) in [5.41, 5.74) is 0.508. The lowest BCUT2D eigenvalue weighted by Crippen LogP contribution is -2.07. The van der Waals surface area contributed by atoms with Crippen molar-refractivity contribution >= 4 is 11.4 Å². The molecule has 0 aromatic heterocycles. The lowest BCUT2D eigenvalue weighted by atomic mass is 10.2. The minimum atomic E-state index is -0.400. The maximum atomic E-state index is 11.2. The van der Waals surface area contributed by atoms with E-state index in [4.69, 9.17) is 9.47 Å². The Morgan fingerprint density at radius 2 is 2.10 bits per heavy atom. The van der Waals surface area contributed by atoms with Gasteiger partial charge in [-0.25, -0.2) is 0 Å². The quantitative estimate of drug-likeness (QED) is 0.405. The molecule has 0 unspecified atom stereocenters. The molecule has 0 radical (unpaired) electrons. The van der Waals surface area contributed by atoms with Crippen LogP contribution in [0.3, 0.4) is 0 Å². The number of nitrogens with zero attached hydrogens (tertiary/aromatic N) is 1. The monoisotopic (exact) mass is 282 g/mol. The van der Waals surface area contributed by atoms with E-state index in [1.807, 2.05) is 6.92 Å². The van der Waals surface area contributed by atoms with Crippen LogP contribution in [0.2, 0.25) is 0 Å². The highest BCUT2D eigenvalue weighted by Gasteiger charge is 2.20. The number of hydrogen-bond donors (Lipinski definition) is 1. The maximum absolute atomic E-state index is 11.2. The molecule has 0 bridgehead atoms. The molecule has 112 valence electrons. The summed E-state index contributed by atoms with van der Waals surface area (Å²) in [6, 6.07) is 5.09. The Labute approximate surface area is 119 Å². The smallest absolute Gasteiger partial charge is 0.333 e. The molecule has 1 aromatic rings. The highest BCUT2D eigenvalue weighted by atomic mass is 16.6. The van der Waals surface area contributed by atoms with E-state index in [9.17, 15) is 10.1 Å². The van der Waals surface area contributed by atoms with Gasteiger partial charge in [-0.1, -0.05) is 13.0 Å². The van der Waals surface area contributed by atoms with Gasteiger partial charge in [-0.2, -0.15) is 0 Å². The predicted molar refractivity (Wildman–Crippen MR) is 78.5 cm³/mol. The lowest BCUT2D eigenvalue weighted by molar-refractivity contribution is -0.385. The van der Waals surface area contributed by atoms with E-state index in [0.29, 0.717) is 31.2 Å². The molecule has 0 amide bonds. The molecule has 6 heteroatoms. The SMILES string of the molecule is CCCOc1cccc(NCCCCOC)c1[N+](=O)[O-]. The second-order valence-electron chi connectivity index (χ2n) is 4.38. The molecule has 0 heterocycles. The van der Waals surface area contributed by atoms with Crippen molar-refractivity contribution in [2.75, 3.05) is 32.2 Å². The highest BCUT2D eigenvalue weighted by Crippen LogP contribution is 2.34. The summed E-state index contributed by atoms with van der Waals surface area (Å²) in [7, 11) is 1.66. The molecule has 1 N–H and O–H groups in total. The van der Waals surface area contributed by atoms with Gasteiger partial charge in [0.2, 0.25) is 0 Å². The summed E-state index contributed by atoms with van der Waals surface area (Å²) in [6.07, 6.45) is 2.63. The molecule has 0 aliphatic carbocycles. The van der Waals surface area contributed by atoms with Gasteiger partial charge in [-0.05, 0) is 31.4 Å². The normalized spacial score (nSPS) is 10.3. The Balaban J connectivity index is 2.71. The fraction of sp³-hybridized carbons (Fsp3) is 0.571. The first kappa shape index (κ1) is 16.2. The van der Waals surface area contributed by atoms with Gasteiger partial charge in [-0.3, -0.25) is 10.1 Å². The van der Waals surface area contributed by atoms with Crippen molar-refractivity contribution in [2.45, 2.75) is 26.2 Å². The van der Waals surface area contributed by atoms with Crippen LogP contribution in [0.15, 0.2) is 18.2 Å². The molecule has 6 nitrogen and oxygen atoms in total. The average Bonchev–Trinajstić information content (AvgIpc) is 2.44. The zero-order valence-electron chi connectivity index (χ0n) is 12.1. The zero-order valence-corrected chi connectivity index (χ0v) is 12.1. The van der Waals surface area contributed by atoms with Gasteiger partial charge in [0.1, 0.15) is 5.69 Å². The minimum absolute atomic E-state index is 0.00712. The van der Waals surface area contributed by atoms with Crippen LogP contribution in [-0.4, -0.2) is 31.8 Å². The fourth-order valence-electron chi connectivity index (χ4n) is 1.78. The Morgan fingerprint density at radius 1 is 1.30 bits per heavy atom. The number of rotatable bonds is 10. The molecule has 0 atom stereocenters. The Bertz CT molecular complexity index is 424. The van der Waals surface area contributed by atoms with E-state index in [-0.39, 0.29) is 5.69 Å². The number of nitro groups is 1. The number of benzene rings is 1. The first-order chi connectivity index (χ1) is 9.70. The maximum Gasteiger partial charge on any atom is 0.333 e. The number of ether oxygens (including phenoxy) is 2. The molecule has 0 fully saturated rings. The standard InChI is InChI=1S/C14H22N2O4/c1-3-10-20-13-8-6-7-12(14(13)16(17)18)15-9-4-5-11-19-2/h6-8,15H,3-5,9-11H2,1-2H3. The molecular weight excluding hydrogens is 260 g/mol. The molecule has 0 aliphatic rings. The molecule has 0 saturated heterocycles. The molecule has 1 aromatic carbocycles. The van der Waals surface area contributed by atoms with Crippen LogP contribution < -0.4 is 10.1 Å². The van der Waals surface area contributed by atoms with Gasteiger partial charge < -0.3 is 14.8 Å². The van der Waals surface area contributed by atoms with E-state index in [1.54, 1.807) is 25.3 Å². The second-order valence-corrected chi connectivity index (χ2v) is 4.38. The summed E-state index contributed by atoms with van der Waals surface area (Å²) in [4.78, 5) is 10.8. The van der Waals surface area contributed by atoms with E-state index < -0.39 is 4.92 Å². The van der Waals surface area contributed by atoms with E-state index in [1.165, 1.54) is 0 Å². The predicted octanol–water partition coefficient (Wildman–Crippen LogP) is 3.22. The van der Waals surface area contributed by atoms with E-state index in [0.717, 1.165) is 19.3 Å². The van der Waals surface area contributed by atoms with Crippen molar-refractivity contribution in [1.82, 2.24) is 0 Å². The summed E-state index contributed by atoms with van der Waals surface area (Å²) in [5.74, 6) is 0.318. The summed E-state index contributed by atoms with van der Waals surface area (Å²) >= 11 is 0. The summed E-state index contributed by atoms with van der Waals surface area (Å²) < 4.78 is 10.4. The summed E-state index contributed by atoms with van der Waals surface area (Å²) in [5, 5.41) is 14.3. The number of unbranched alkanes of at least 4 members (excludes halogenated alkanes) is 1. The number of nitro benzene ring substituents is 1. The largest absolute Gasteiger partial charge is 0.487 e. The van der Waals surface area contributed by atoms with Crippen LogP contribution in [0.1, 0.15) is 26.2 Å². The van der Waals surface area contributed by atoms with Crippen LogP contribution in [0, 0.1) is 10.1 Å². The molecular formula is C14H22N2O4. The molecule has 20 heavy (non-hydrogen) atoms. The van der Waals surface area contributed by atoms with Crippen molar-refractivity contribution in [2.24, 2.45) is 0 Å². The van der Waals surface area contributed by atoms with Crippen LogP contribution in [-0.2, 0) is 4.74 Å². The van der Waals surface area contributed by atoms with Gasteiger partial charge in [0.25, 0.3) is 0 Å². The van der Waals surface area contributed by atoms with Crippen LogP contribution in [0.25, 0.3) is 0 Å². The van der Waals surface area contributed by atoms with Gasteiger partial charge in [0, 0.05) is 20.3 Å². The third-order valence-corrected chi connectivity index (χ3v) is 2.73. The fourth-order valence-corrected chi connectivity index (χ4v) is 1.78. The number of hydrogen-bond acceptors (Lipinski definition) is 5. The first-order valence-corrected chi connectivity index (χ1v) is 6.83. The number of anilines is 1. The van der Waals surface area contributed by atoms with Gasteiger partial charge in [0.05, 0.1) is 11.5 Å². The van der Waals surface area contributed by atoms with Crippen LogP contribution in [0.4, 0.5) is 11.4 Å². The number of methoxy groups -OCH3 is 1. The Kier molecular flexibility index (Phi) is 7.42. The van der Waals surface area contributed by atoms with Crippen molar-refractivity contribution < 1.29 is 14.4 Å². The first-order valence-electron chi connectivity index (χ1n) is 6.83. The van der Waals surface area contributed by atoms with E-state index in [2.05, 4.69) is 5.32 Å². The third-order valence-electron chi connectivity index (χ3n) is 2.73. The van der Waals surface area contributed by atoms with Crippen LogP contribution in [0.5, 0.6) is 5.75 Å². The van der Waals surface area contributed by atoms with Gasteiger partial charge in [0.15, 0.2) is 5.75 Å². The Hall–Kier alpha value is -1.82. The molecule has 0 saturated carbocycles. The Morgan fingerprint density at radius 3 is 2.75 bits per heavy atom. The lowest BCUT2D eigenvalue weighted by Gasteiger charge is -2.10. The van der Waals surface area contributed by atoms with Crippen molar-refractivity contribution in [3.8, 4) is 5.75 Å². The topological polar surface area (TPSA) is 73.6 Å². The zero-order chi connectivity index (χ0) is 14.8.